The third-order valence-corrected chi connectivity index (χ3v) is 6.97. The van der Waals surface area contributed by atoms with Gasteiger partial charge in [0.25, 0.3) is 0 Å². The van der Waals surface area contributed by atoms with E-state index >= 15 is 0 Å². The zero-order valence-corrected chi connectivity index (χ0v) is 20.8. The van der Waals surface area contributed by atoms with Gasteiger partial charge in [-0.25, -0.2) is 0 Å². The van der Waals surface area contributed by atoms with Gasteiger partial charge in [-0.3, -0.25) is 9.97 Å². The molecule has 178 valence electrons. The number of pyridine rings is 2. The lowest BCUT2D eigenvalue weighted by molar-refractivity contribution is 0.416. The molecule has 0 aliphatic rings. The van der Waals surface area contributed by atoms with Crippen molar-refractivity contribution in [1.29, 1.82) is 0 Å². The van der Waals surface area contributed by atoms with Crippen LogP contribution >= 0.6 is 0 Å². The highest BCUT2D eigenvalue weighted by atomic mass is 16.5. The molecule has 0 bridgehead atoms. The molecule has 2 heterocycles. The fourth-order valence-electron chi connectivity index (χ4n) is 5.23. The van der Waals surface area contributed by atoms with E-state index in [1.54, 1.807) is 7.11 Å². The van der Waals surface area contributed by atoms with Gasteiger partial charge in [0.1, 0.15) is 5.75 Å². The van der Waals surface area contributed by atoms with Gasteiger partial charge in [-0.2, -0.15) is 0 Å². The highest BCUT2D eigenvalue weighted by molar-refractivity contribution is 6.13. The summed E-state index contributed by atoms with van der Waals surface area (Å²) in [6.07, 6.45) is 7.40. The quantitative estimate of drug-likeness (QED) is 0.249. The maximum atomic E-state index is 5.85. The predicted octanol–water partition coefficient (Wildman–Crippen LogP) is 8.61. The highest BCUT2D eigenvalue weighted by Gasteiger charge is 2.20. The summed E-state index contributed by atoms with van der Waals surface area (Å²) in [4.78, 5) is 8.50. The van der Waals surface area contributed by atoms with E-state index in [1.807, 2.05) is 36.9 Å². The van der Waals surface area contributed by atoms with Crippen molar-refractivity contribution < 1.29 is 4.74 Å². The molecule has 0 saturated heterocycles. The van der Waals surface area contributed by atoms with Gasteiger partial charge in [0, 0.05) is 35.9 Å². The lowest BCUT2D eigenvalue weighted by atomic mass is 9.83. The molecule has 3 nitrogen and oxygen atoms in total. The molecule has 0 unspecified atom stereocenters. The van der Waals surface area contributed by atoms with E-state index < -0.39 is 0 Å². The predicted molar refractivity (Wildman–Crippen MR) is 153 cm³/mol. The molecular weight excluding hydrogens is 452 g/mol. The van der Waals surface area contributed by atoms with E-state index in [4.69, 9.17) is 4.74 Å². The third-order valence-electron chi connectivity index (χ3n) is 6.97. The molecule has 6 rings (SSSR count). The number of methoxy groups -OCH3 is 1. The monoisotopic (exact) mass is 478 g/mol. The van der Waals surface area contributed by atoms with Crippen LogP contribution in [0.15, 0.2) is 122 Å². The van der Waals surface area contributed by atoms with Crippen molar-refractivity contribution in [2.75, 3.05) is 7.11 Å². The second-order valence-corrected chi connectivity index (χ2v) is 9.06. The molecule has 0 radical (unpaired) electrons. The smallest absolute Gasteiger partial charge is 0.126 e. The normalized spacial score (nSPS) is 11.0. The van der Waals surface area contributed by atoms with Crippen LogP contribution in [0.3, 0.4) is 0 Å². The van der Waals surface area contributed by atoms with E-state index in [9.17, 15) is 0 Å². The fourth-order valence-corrected chi connectivity index (χ4v) is 5.23. The van der Waals surface area contributed by atoms with Gasteiger partial charge < -0.3 is 4.74 Å². The average Bonchev–Trinajstić information content (AvgIpc) is 2.97. The van der Waals surface area contributed by atoms with Crippen molar-refractivity contribution in [3.05, 3.63) is 127 Å². The van der Waals surface area contributed by atoms with Crippen molar-refractivity contribution >= 4 is 10.8 Å². The van der Waals surface area contributed by atoms with Gasteiger partial charge in [0.2, 0.25) is 0 Å². The lowest BCUT2D eigenvalue weighted by Gasteiger charge is -2.21. The first-order valence-electron chi connectivity index (χ1n) is 12.4. The first kappa shape index (κ1) is 22.7. The summed E-state index contributed by atoms with van der Waals surface area (Å²) in [6, 6.07) is 34.1. The zero-order valence-electron chi connectivity index (χ0n) is 20.8. The number of hydrogen-bond acceptors (Lipinski definition) is 3. The van der Waals surface area contributed by atoms with E-state index in [0.717, 1.165) is 33.6 Å². The molecule has 0 atom stereocenters. The maximum Gasteiger partial charge on any atom is 0.126 e. The number of benzene rings is 4. The largest absolute Gasteiger partial charge is 0.496 e. The Hall–Kier alpha value is -4.76. The first-order valence-corrected chi connectivity index (χ1v) is 12.4. The minimum absolute atomic E-state index is 0.848. The van der Waals surface area contributed by atoms with Crippen molar-refractivity contribution in [3.63, 3.8) is 0 Å². The highest BCUT2D eigenvalue weighted by Crippen LogP contribution is 2.46. The number of rotatable bonds is 5. The summed E-state index contributed by atoms with van der Waals surface area (Å²) in [5.41, 5.74) is 10.5. The maximum absolute atomic E-state index is 5.85. The van der Waals surface area contributed by atoms with E-state index in [2.05, 4.69) is 102 Å². The Kier molecular flexibility index (Phi) is 5.95. The number of nitrogens with zero attached hydrogens (tertiary/aromatic N) is 2. The van der Waals surface area contributed by atoms with Crippen LogP contribution in [-0.4, -0.2) is 17.1 Å². The van der Waals surface area contributed by atoms with Crippen LogP contribution in [0.1, 0.15) is 5.56 Å². The summed E-state index contributed by atoms with van der Waals surface area (Å²) >= 11 is 0. The fraction of sp³-hybridized carbons (Fsp3) is 0.0588. The summed E-state index contributed by atoms with van der Waals surface area (Å²) in [5.74, 6) is 0.848. The van der Waals surface area contributed by atoms with Gasteiger partial charge >= 0.3 is 0 Å². The van der Waals surface area contributed by atoms with Crippen molar-refractivity contribution in [2.24, 2.45) is 0 Å². The molecule has 37 heavy (non-hydrogen) atoms. The number of aromatic nitrogens is 2. The molecule has 0 fully saturated rings. The average molecular weight is 479 g/mol. The first-order chi connectivity index (χ1) is 18.3. The van der Waals surface area contributed by atoms with Gasteiger partial charge in [-0.1, -0.05) is 66.7 Å². The Morgan fingerprint density at radius 1 is 0.486 bits per heavy atom. The van der Waals surface area contributed by atoms with E-state index in [1.165, 1.54) is 33.0 Å². The molecule has 0 aliphatic carbocycles. The van der Waals surface area contributed by atoms with Crippen LogP contribution in [-0.2, 0) is 0 Å². The second kappa shape index (κ2) is 9.71. The third kappa shape index (κ3) is 4.05. The minimum atomic E-state index is 0.848. The number of para-hydroxylation sites is 1. The molecule has 4 aromatic carbocycles. The molecule has 2 aromatic heterocycles. The van der Waals surface area contributed by atoms with Crippen LogP contribution in [0.25, 0.3) is 55.3 Å². The van der Waals surface area contributed by atoms with Crippen molar-refractivity contribution in [3.8, 4) is 50.3 Å². The summed E-state index contributed by atoms with van der Waals surface area (Å²) in [6.45, 7) is 2.18. The van der Waals surface area contributed by atoms with Crippen LogP contribution in [0.5, 0.6) is 5.75 Å². The molecular formula is C34H26N2O. The number of fused-ring (bicyclic) bond motifs is 1. The van der Waals surface area contributed by atoms with Crippen LogP contribution < -0.4 is 4.74 Å². The molecule has 0 aliphatic heterocycles. The van der Waals surface area contributed by atoms with Gasteiger partial charge in [-0.15, -0.1) is 0 Å². The molecule has 0 N–H and O–H groups in total. The van der Waals surface area contributed by atoms with E-state index in [0.29, 0.717) is 0 Å². The van der Waals surface area contributed by atoms with Crippen molar-refractivity contribution in [2.45, 2.75) is 6.92 Å². The SMILES string of the molecule is COc1ccccc1-c1c(-c2ccncc2)ccc2c(-c3ccccc3C)c(-c3ccncc3)ccc12. The Balaban J connectivity index is 1.77. The topological polar surface area (TPSA) is 35.0 Å². The molecule has 0 saturated carbocycles. The summed E-state index contributed by atoms with van der Waals surface area (Å²) in [5, 5.41) is 2.37. The Bertz CT molecular complexity index is 1710. The second-order valence-electron chi connectivity index (χ2n) is 9.06. The minimum Gasteiger partial charge on any atom is -0.496 e. The molecule has 3 heteroatoms. The number of hydrogen-bond donors (Lipinski definition) is 0. The molecule has 0 amide bonds. The lowest BCUT2D eigenvalue weighted by Crippen LogP contribution is -1.95. The van der Waals surface area contributed by atoms with Gasteiger partial charge in [0.05, 0.1) is 7.11 Å². The zero-order chi connectivity index (χ0) is 25.2. The van der Waals surface area contributed by atoms with E-state index in [-0.39, 0.29) is 0 Å². The van der Waals surface area contributed by atoms with Crippen LogP contribution in [0.2, 0.25) is 0 Å². The number of aryl methyl sites for hydroxylation is 1. The molecule has 6 aromatic rings. The molecule has 0 spiro atoms. The number of ether oxygens (including phenoxy) is 1. The summed E-state index contributed by atoms with van der Waals surface area (Å²) in [7, 11) is 1.73. The van der Waals surface area contributed by atoms with Gasteiger partial charge in [-0.05, 0) is 87.0 Å². The van der Waals surface area contributed by atoms with Gasteiger partial charge in [0.15, 0.2) is 0 Å². The Labute approximate surface area is 217 Å². The van der Waals surface area contributed by atoms with Crippen molar-refractivity contribution in [1.82, 2.24) is 9.97 Å². The Morgan fingerprint density at radius 3 is 1.51 bits per heavy atom. The Morgan fingerprint density at radius 2 is 0.973 bits per heavy atom. The summed E-state index contributed by atoms with van der Waals surface area (Å²) < 4.78 is 5.85. The van der Waals surface area contributed by atoms with Crippen LogP contribution in [0, 0.1) is 6.92 Å². The standard InChI is InChI=1S/C34H26N2O/c1-23-7-3-4-8-26(23)33-27(24-15-19-35-20-16-24)11-14-30-29(33)13-12-28(25-17-21-36-22-18-25)34(30)31-9-5-6-10-32(31)37-2/h3-22H,1-2H3. The van der Waals surface area contributed by atoms with Crippen LogP contribution in [0.4, 0.5) is 0 Å².